The summed E-state index contributed by atoms with van der Waals surface area (Å²) in [4.78, 5) is 1.31. The van der Waals surface area contributed by atoms with Crippen LogP contribution in [0.1, 0.15) is 29.7 Å². The van der Waals surface area contributed by atoms with Crippen LogP contribution < -0.4 is 10.1 Å². The van der Waals surface area contributed by atoms with Crippen molar-refractivity contribution < 1.29 is 4.74 Å². The number of ether oxygens (including phenoxy) is 1. The molecule has 3 heteroatoms. The van der Waals surface area contributed by atoms with E-state index in [1.165, 1.54) is 21.6 Å². The molecule has 0 aromatic heterocycles. The Morgan fingerprint density at radius 2 is 1.86 bits per heavy atom. The van der Waals surface area contributed by atoms with E-state index in [-0.39, 0.29) is 6.04 Å². The molecule has 112 valence electrons. The van der Waals surface area contributed by atoms with Crippen LogP contribution in [0.3, 0.4) is 0 Å². The smallest absolute Gasteiger partial charge is 0.123 e. The summed E-state index contributed by atoms with van der Waals surface area (Å²) in [6.07, 6.45) is 0. The lowest BCUT2D eigenvalue weighted by molar-refractivity contribution is 0.405. The molecule has 1 N–H and O–H groups in total. The topological polar surface area (TPSA) is 21.3 Å². The van der Waals surface area contributed by atoms with Crippen molar-refractivity contribution in [2.45, 2.75) is 24.8 Å². The van der Waals surface area contributed by atoms with Gasteiger partial charge in [0.25, 0.3) is 0 Å². The number of benzene rings is 2. The molecule has 0 heterocycles. The zero-order valence-corrected chi connectivity index (χ0v) is 14.0. The molecule has 0 fully saturated rings. The molecule has 0 amide bonds. The second-order valence-corrected chi connectivity index (χ2v) is 6.31. The highest BCUT2D eigenvalue weighted by Gasteiger charge is 2.16. The highest BCUT2D eigenvalue weighted by molar-refractivity contribution is 7.99. The van der Waals surface area contributed by atoms with Crippen molar-refractivity contribution in [3.05, 3.63) is 59.2 Å². The molecule has 0 saturated heterocycles. The number of rotatable bonds is 6. The van der Waals surface area contributed by atoms with E-state index in [0.29, 0.717) is 0 Å². The number of hydrogen-bond acceptors (Lipinski definition) is 3. The minimum absolute atomic E-state index is 0.139. The average Bonchev–Trinajstić information content (AvgIpc) is 2.50. The second kappa shape index (κ2) is 7.53. The van der Waals surface area contributed by atoms with Crippen LogP contribution in [0.25, 0.3) is 0 Å². The molecule has 0 aliphatic heterocycles. The fraction of sp³-hybridized carbons (Fsp3) is 0.333. The van der Waals surface area contributed by atoms with Crippen molar-refractivity contribution >= 4 is 11.8 Å². The summed E-state index contributed by atoms with van der Waals surface area (Å²) in [5.41, 5.74) is 3.67. The summed E-state index contributed by atoms with van der Waals surface area (Å²) < 4.78 is 5.52. The predicted molar refractivity (Wildman–Crippen MR) is 91.5 cm³/mol. The van der Waals surface area contributed by atoms with Crippen molar-refractivity contribution in [2.75, 3.05) is 19.9 Å². The lowest BCUT2D eigenvalue weighted by Crippen LogP contribution is -2.18. The van der Waals surface area contributed by atoms with Crippen molar-refractivity contribution in [1.29, 1.82) is 0 Å². The third-order valence-corrected chi connectivity index (χ3v) is 4.40. The fourth-order valence-electron chi connectivity index (χ4n) is 2.50. The summed E-state index contributed by atoms with van der Waals surface area (Å²) in [7, 11) is 3.71. The molecular formula is C18H23NOS. The van der Waals surface area contributed by atoms with Crippen LogP contribution in [0.5, 0.6) is 5.75 Å². The predicted octanol–water partition coefficient (Wildman–Crippen LogP) is 4.42. The standard InChI is InChI=1S/C18H23NOS/c1-5-21-15-9-7-14(8-10-15)18(19-3)16-12-13(2)6-11-17(16)20-4/h6-12,18-19H,5H2,1-4H3. The maximum atomic E-state index is 5.52. The van der Waals surface area contributed by atoms with E-state index in [9.17, 15) is 0 Å². The summed E-state index contributed by atoms with van der Waals surface area (Å²) in [5, 5.41) is 3.40. The molecule has 1 atom stereocenters. The molecule has 21 heavy (non-hydrogen) atoms. The maximum absolute atomic E-state index is 5.52. The molecular weight excluding hydrogens is 278 g/mol. The van der Waals surface area contributed by atoms with E-state index in [1.807, 2.05) is 24.9 Å². The average molecular weight is 301 g/mol. The largest absolute Gasteiger partial charge is 0.496 e. The van der Waals surface area contributed by atoms with E-state index >= 15 is 0 Å². The van der Waals surface area contributed by atoms with Crippen molar-refractivity contribution in [1.82, 2.24) is 5.32 Å². The van der Waals surface area contributed by atoms with Gasteiger partial charge in [0, 0.05) is 10.5 Å². The minimum Gasteiger partial charge on any atom is -0.496 e. The molecule has 0 bridgehead atoms. The van der Waals surface area contributed by atoms with Gasteiger partial charge < -0.3 is 10.1 Å². The van der Waals surface area contributed by atoms with E-state index < -0.39 is 0 Å². The number of hydrogen-bond donors (Lipinski definition) is 1. The fourth-order valence-corrected chi connectivity index (χ4v) is 3.17. The Kier molecular flexibility index (Phi) is 5.71. The van der Waals surface area contributed by atoms with Crippen LogP contribution in [0, 0.1) is 6.92 Å². The molecule has 0 aliphatic rings. The second-order valence-electron chi connectivity index (χ2n) is 4.97. The number of aryl methyl sites for hydroxylation is 1. The summed E-state index contributed by atoms with van der Waals surface area (Å²) in [6.45, 7) is 4.28. The van der Waals surface area contributed by atoms with Gasteiger partial charge in [-0.1, -0.05) is 36.8 Å². The molecule has 2 rings (SSSR count). The van der Waals surface area contributed by atoms with E-state index in [1.54, 1.807) is 7.11 Å². The van der Waals surface area contributed by atoms with Gasteiger partial charge in [-0.25, -0.2) is 0 Å². The van der Waals surface area contributed by atoms with Gasteiger partial charge in [-0.05, 0) is 43.5 Å². The van der Waals surface area contributed by atoms with E-state index in [4.69, 9.17) is 4.74 Å². The zero-order valence-electron chi connectivity index (χ0n) is 13.1. The van der Waals surface area contributed by atoms with Crippen molar-refractivity contribution in [3.63, 3.8) is 0 Å². The molecule has 0 saturated carbocycles. The normalized spacial score (nSPS) is 12.2. The van der Waals surface area contributed by atoms with Gasteiger partial charge in [-0.3, -0.25) is 0 Å². The van der Waals surface area contributed by atoms with E-state index in [0.717, 1.165) is 11.5 Å². The highest BCUT2D eigenvalue weighted by atomic mass is 32.2. The molecule has 1 unspecified atom stereocenters. The summed E-state index contributed by atoms with van der Waals surface area (Å²) >= 11 is 1.86. The molecule has 0 spiro atoms. The Labute approximate surface area is 131 Å². The van der Waals surface area contributed by atoms with Crippen LogP contribution >= 0.6 is 11.8 Å². The van der Waals surface area contributed by atoms with Crippen molar-refractivity contribution in [2.24, 2.45) is 0 Å². The van der Waals surface area contributed by atoms with Gasteiger partial charge in [0.2, 0.25) is 0 Å². The number of thioether (sulfide) groups is 1. The SMILES string of the molecule is CCSc1ccc(C(NC)c2cc(C)ccc2OC)cc1. The van der Waals surface area contributed by atoms with Crippen LogP contribution in [0.4, 0.5) is 0 Å². The lowest BCUT2D eigenvalue weighted by Gasteiger charge is -2.20. The van der Waals surface area contributed by atoms with Crippen LogP contribution in [0.2, 0.25) is 0 Å². The first-order valence-electron chi connectivity index (χ1n) is 7.24. The highest BCUT2D eigenvalue weighted by Crippen LogP contribution is 2.31. The van der Waals surface area contributed by atoms with Gasteiger partial charge >= 0.3 is 0 Å². The van der Waals surface area contributed by atoms with Gasteiger partial charge in [0.15, 0.2) is 0 Å². The lowest BCUT2D eigenvalue weighted by atomic mass is 9.96. The van der Waals surface area contributed by atoms with Crippen LogP contribution in [-0.2, 0) is 0 Å². The Balaban J connectivity index is 2.37. The van der Waals surface area contributed by atoms with Gasteiger partial charge in [0.1, 0.15) is 5.75 Å². The molecule has 0 radical (unpaired) electrons. The van der Waals surface area contributed by atoms with Gasteiger partial charge in [-0.15, -0.1) is 11.8 Å². The summed E-state index contributed by atoms with van der Waals surface area (Å²) in [6, 6.07) is 15.2. The Morgan fingerprint density at radius 3 is 2.43 bits per heavy atom. The van der Waals surface area contributed by atoms with Crippen LogP contribution in [0.15, 0.2) is 47.4 Å². The third kappa shape index (κ3) is 3.80. The maximum Gasteiger partial charge on any atom is 0.123 e. The monoisotopic (exact) mass is 301 g/mol. The Bertz CT molecular complexity index is 580. The quantitative estimate of drug-likeness (QED) is 0.798. The first kappa shape index (κ1) is 15.9. The Hall–Kier alpha value is -1.45. The zero-order chi connectivity index (χ0) is 15.2. The van der Waals surface area contributed by atoms with Gasteiger partial charge in [-0.2, -0.15) is 0 Å². The molecule has 2 nitrogen and oxygen atoms in total. The minimum atomic E-state index is 0.139. The molecule has 0 aliphatic carbocycles. The number of methoxy groups -OCH3 is 1. The number of nitrogens with one attached hydrogen (secondary N) is 1. The molecule has 2 aromatic rings. The van der Waals surface area contributed by atoms with Crippen LogP contribution in [-0.4, -0.2) is 19.9 Å². The summed E-state index contributed by atoms with van der Waals surface area (Å²) in [5.74, 6) is 2.02. The molecule has 2 aromatic carbocycles. The first-order chi connectivity index (χ1) is 10.2. The third-order valence-electron chi connectivity index (χ3n) is 3.51. The Morgan fingerprint density at radius 1 is 1.14 bits per heavy atom. The first-order valence-corrected chi connectivity index (χ1v) is 8.22. The van der Waals surface area contributed by atoms with Crippen molar-refractivity contribution in [3.8, 4) is 5.75 Å². The van der Waals surface area contributed by atoms with E-state index in [2.05, 4.69) is 55.6 Å². The van der Waals surface area contributed by atoms with Gasteiger partial charge in [0.05, 0.1) is 13.2 Å².